The summed E-state index contributed by atoms with van der Waals surface area (Å²) in [4.78, 5) is 20.2. The maximum absolute atomic E-state index is 13.3. The summed E-state index contributed by atoms with van der Waals surface area (Å²) in [7, 11) is 4.01. The third-order valence-electron chi connectivity index (χ3n) is 4.98. The number of hydrogen-bond acceptors (Lipinski definition) is 5. The third-order valence-corrected chi connectivity index (χ3v) is 5.54. The minimum atomic E-state index is -0.169. The number of hydrogen-bond donors (Lipinski definition) is 0. The predicted octanol–water partition coefficient (Wildman–Crippen LogP) is 3.78. The first-order valence-electron chi connectivity index (χ1n) is 9.67. The fourth-order valence-corrected chi connectivity index (χ4v) is 3.93. The molecule has 6 nitrogen and oxygen atoms in total. The second-order valence-electron chi connectivity index (χ2n) is 7.42. The molecular formula is C22H21Cl2N5O. The van der Waals surface area contributed by atoms with Gasteiger partial charge >= 0.3 is 0 Å². The van der Waals surface area contributed by atoms with E-state index in [1.54, 1.807) is 10.6 Å². The van der Waals surface area contributed by atoms with Crippen LogP contribution in [-0.2, 0) is 13.0 Å². The number of aliphatic imine (C=N–C) groups is 1. The van der Waals surface area contributed by atoms with Gasteiger partial charge in [-0.3, -0.25) is 14.4 Å². The molecule has 0 N–H and O–H groups in total. The van der Waals surface area contributed by atoms with Gasteiger partial charge in [0.15, 0.2) is 5.82 Å². The Morgan fingerprint density at radius 1 is 1.07 bits per heavy atom. The van der Waals surface area contributed by atoms with E-state index in [0.717, 1.165) is 24.1 Å². The minimum absolute atomic E-state index is 0.169. The van der Waals surface area contributed by atoms with Gasteiger partial charge in [-0.15, -0.1) is 10.2 Å². The highest BCUT2D eigenvalue weighted by atomic mass is 35.5. The highest BCUT2D eigenvalue weighted by molar-refractivity contribution is 6.36. The molecule has 0 aliphatic carbocycles. The average Bonchev–Trinajstić information content (AvgIpc) is 2.87. The Labute approximate surface area is 184 Å². The quantitative estimate of drug-likeness (QED) is 0.604. The highest BCUT2D eigenvalue weighted by Gasteiger charge is 2.23. The second-order valence-corrected chi connectivity index (χ2v) is 8.26. The molecule has 8 heteroatoms. The molecule has 0 saturated carbocycles. The summed E-state index contributed by atoms with van der Waals surface area (Å²) in [6.07, 6.45) is 1.39. The SMILES string of the molecule is CN(C)CCCc1nnc2n(c1=O)-c1ccc(Cl)cc1C(c1ccccc1Cl)=NC2. The molecule has 0 amide bonds. The van der Waals surface area contributed by atoms with Crippen LogP contribution >= 0.6 is 23.2 Å². The molecular weight excluding hydrogens is 421 g/mol. The number of aromatic nitrogens is 3. The van der Waals surface area contributed by atoms with E-state index in [4.69, 9.17) is 28.2 Å². The Kier molecular flexibility index (Phi) is 5.99. The monoisotopic (exact) mass is 441 g/mol. The van der Waals surface area contributed by atoms with Crippen LogP contribution in [0.25, 0.3) is 5.69 Å². The normalized spacial score (nSPS) is 12.9. The minimum Gasteiger partial charge on any atom is -0.309 e. The largest absolute Gasteiger partial charge is 0.309 e. The summed E-state index contributed by atoms with van der Waals surface area (Å²) in [6, 6.07) is 12.9. The van der Waals surface area contributed by atoms with Crippen LogP contribution in [0.5, 0.6) is 0 Å². The number of benzene rings is 2. The van der Waals surface area contributed by atoms with Crippen molar-refractivity contribution in [2.45, 2.75) is 19.4 Å². The van der Waals surface area contributed by atoms with Crippen LogP contribution in [-0.4, -0.2) is 46.0 Å². The molecule has 2 heterocycles. The molecule has 3 aromatic rings. The molecule has 2 aromatic carbocycles. The van der Waals surface area contributed by atoms with Gasteiger partial charge in [-0.1, -0.05) is 41.4 Å². The first-order valence-corrected chi connectivity index (χ1v) is 10.4. The van der Waals surface area contributed by atoms with Crippen LogP contribution in [0.15, 0.2) is 52.3 Å². The average molecular weight is 442 g/mol. The van der Waals surface area contributed by atoms with Gasteiger partial charge in [0.25, 0.3) is 5.56 Å². The molecule has 0 radical (unpaired) electrons. The summed E-state index contributed by atoms with van der Waals surface area (Å²) in [5, 5.41) is 9.68. The Morgan fingerprint density at radius 3 is 2.63 bits per heavy atom. The van der Waals surface area contributed by atoms with E-state index in [2.05, 4.69) is 15.1 Å². The van der Waals surface area contributed by atoms with E-state index in [1.165, 1.54) is 0 Å². The van der Waals surface area contributed by atoms with Crippen LogP contribution in [0.3, 0.4) is 0 Å². The number of aryl methyl sites for hydroxylation is 1. The van der Waals surface area contributed by atoms with Gasteiger partial charge in [-0.05, 0) is 57.7 Å². The molecule has 1 aliphatic heterocycles. The van der Waals surface area contributed by atoms with Crippen molar-refractivity contribution in [3.05, 3.63) is 85.5 Å². The van der Waals surface area contributed by atoms with Gasteiger partial charge < -0.3 is 4.90 Å². The van der Waals surface area contributed by atoms with Crippen molar-refractivity contribution in [3.8, 4) is 5.69 Å². The summed E-state index contributed by atoms with van der Waals surface area (Å²) < 4.78 is 1.61. The molecule has 0 unspecified atom stereocenters. The Bertz CT molecular complexity index is 1190. The van der Waals surface area contributed by atoms with Crippen LogP contribution in [0.1, 0.15) is 29.1 Å². The van der Waals surface area contributed by atoms with Crippen LogP contribution in [0.4, 0.5) is 0 Å². The lowest BCUT2D eigenvalue weighted by Crippen LogP contribution is -2.29. The molecule has 0 saturated heterocycles. The molecule has 0 atom stereocenters. The molecule has 0 spiro atoms. The molecule has 30 heavy (non-hydrogen) atoms. The standard InChI is InChI=1S/C22H21Cl2N5O/c1-28(2)11-5-8-18-22(30)29-19-10-9-14(23)12-16(19)21(25-13-20(29)27-26-18)15-6-3-4-7-17(15)24/h3-4,6-7,9-10,12H,5,8,11,13H2,1-2H3. The Morgan fingerprint density at radius 2 is 1.87 bits per heavy atom. The van der Waals surface area contributed by atoms with Crippen molar-refractivity contribution in [2.75, 3.05) is 20.6 Å². The van der Waals surface area contributed by atoms with Crippen LogP contribution < -0.4 is 5.56 Å². The molecule has 154 valence electrons. The van der Waals surface area contributed by atoms with Gasteiger partial charge in [-0.25, -0.2) is 0 Å². The fraction of sp³-hybridized carbons (Fsp3) is 0.273. The summed E-state index contributed by atoms with van der Waals surface area (Å²) in [6.45, 7) is 1.09. The second kappa shape index (κ2) is 8.68. The number of nitrogens with zero attached hydrogens (tertiary/aromatic N) is 5. The zero-order valence-electron chi connectivity index (χ0n) is 16.8. The summed E-state index contributed by atoms with van der Waals surface area (Å²) >= 11 is 12.8. The number of rotatable bonds is 5. The van der Waals surface area contributed by atoms with E-state index >= 15 is 0 Å². The van der Waals surface area contributed by atoms with Gasteiger partial charge in [-0.2, -0.15) is 0 Å². The van der Waals surface area contributed by atoms with Crippen molar-refractivity contribution < 1.29 is 0 Å². The molecule has 1 aromatic heterocycles. The molecule has 0 bridgehead atoms. The van der Waals surface area contributed by atoms with E-state index in [-0.39, 0.29) is 12.1 Å². The van der Waals surface area contributed by atoms with Gasteiger partial charge in [0.1, 0.15) is 12.2 Å². The fourth-order valence-electron chi connectivity index (χ4n) is 3.53. The van der Waals surface area contributed by atoms with Crippen molar-refractivity contribution in [2.24, 2.45) is 4.99 Å². The maximum atomic E-state index is 13.3. The smallest absolute Gasteiger partial charge is 0.280 e. The molecule has 1 aliphatic rings. The van der Waals surface area contributed by atoms with Crippen molar-refractivity contribution >= 4 is 28.9 Å². The Balaban J connectivity index is 1.86. The van der Waals surface area contributed by atoms with Crippen LogP contribution in [0.2, 0.25) is 10.0 Å². The van der Waals surface area contributed by atoms with Crippen molar-refractivity contribution in [1.29, 1.82) is 0 Å². The van der Waals surface area contributed by atoms with E-state index < -0.39 is 0 Å². The zero-order valence-corrected chi connectivity index (χ0v) is 18.3. The van der Waals surface area contributed by atoms with Gasteiger partial charge in [0.05, 0.1) is 11.4 Å². The molecule has 4 rings (SSSR count). The van der Waals surface area contributed by atoms with Gasteiger partial charge in [0.2, 0.25) is 0 Å². The third kappa shape index (κ3) is 4.03. The summed E-state index contributed by atoms with van der Waals surface area (Å²) in [5.74, 6) is 0.488. The number of halogens is 2. The predicted molar refractivity (Wildman–Crippen MR) is 120 cm³/mol. The summed E-state index contributed by atoms with van der Waals surface area (Å²) in [5.41, 5.74) is 3.16. The molecule has 0 fully saturated rings. The van der Waals surface area contributed by atoms with E-state index in [9.17, 15) is 4.79 Å². The first kappa shape index (κ1) is 20.7. The van der Waals surface area contributed by atoms with Crippen LogP contribution in [0, 0.1) is 0 Å². The van der Waals surface area contributed by atoms with Crippen molar-refractivity contribution in [1.82, 2.24) is 19.7 Å². The number of fused-ring (bicyclic) bond motifs is 3. The van der Waals surface area contributed by atoms with E-state index in [0.29, 0.717) is 39.4 Å². The zero-order chi connectivity index (χ0) is 21.3. The first-order chi connectivity index (χ1) is 14.5. The van der Waals surface area contributed by atoms with E-state index in [1.807, 2.05) is 50.5 Å². The highest BCUT2D eigenvalue weighted by Crippen LogP contribution is 2.28. The lowest BCUT2D eigenvalue weighted by atomic mass is 10.0. The lowest BCUT2D eigenvalue weighted by Gasteiger charge is -2.15. The van der Waals surface area contributed by atoms with Gasteiger partial charge in [0, 0.05) is 21.2 Å². The van der Waals surface area contributed by atoms with Crippen molar-refractivity contribution in [3.63, 3.8) is 0 Å². The Hall–Kier alpha value is -2.54. The maximum Gasteiger partial charge on any atom is 0.280 e. The topological polar surface area (TPSA) is 63.4 Å². The lowest BCUT2D eigenvalue weighted by molar-refractivity contribution is 0.398.